The van der Waals surface area contributed by atoms with Gasteiger partial charge in [0.05, 0.1) is 32.4 Å². The van der Waals surface area contributed by atoms with Crippen molar-refractivity contribution < 1.29 is 13.9 Å². The van der Waals surface area contributed by atoms with E-state index in [-0.39, 0.29) is 12.2 Å². The molecule has 0 saturated heterocycles. The molecule has 3 aromatic rings. The van der Waals surface area contributed by atoms with Crippen LogP contribution in [0.15, 0.2) is 36.4 Å². The van der Waals surface area contributed by atoms with Gasteiger partial charge in [0, 0.05) is 16.5 Å². The molecule has 0 atom stereocenters. The van der Waals surface area contributed by atoms with Gasteiger partial charge in [0.15, 0.2) is 0 Å². The van der Waals surface area contributed by atoms with Crippen LogP contribution in [0.1, 0.15) is 5.56 Å². The van der Waals surface area contributed by atoms with Crippen molar-refractivity contribution in [2.45, 2.75) is 6.42 Å². The minimum Gasteiger partial charge on any atom is -0.497 e. The number of nitrogens with one attached hydrogen (secondary N) is 1. The Kier molecular flexibility index (Phi) is 3.90. The zero-order valence-corrected chi connectivity index (χ0v) is 12.8. The van der Waals surface area contributed by atoms with Crippen LogP contribution in [-0.4, -0.2) is 19.2 Å². The molecule has 3 rings (SSSR count). The van der Waals surface area contributed by atoms with E-state index in [0.717, 1.165) is 22.3 Å². The van der Waals surface area contributed by atoms with Gasteiger partial charge in [-0.25, -0.2) is 4.39 Å². The molecule has 1 aromatic heterocycles. The smallest absolute Gasteiger partial charge is 0.128 e. The van der Waals surface area contributed by atoms with E-state index in [0.29, 0.717) is 16.9 Å². The Morgan fingerprint density at radius 1 is 1.13 bits per heavy atom. The molecule has 0 aliphatic carbocycles. The highest BCUT2D eigenvalue weighted by Gasteiger charge is 2.17. The monoisotopic (exact) mass is 310 g/mol. The Hall–Kier alpha value is -3.00. The standard InChI is InChI=1S/C18H15FN2O2/c1-22-12-4-6-17(23-2)15(10-12)18-13(7-8-20)14-9-11(19)3-5-16(14)21-18/h3-6,9-10,21H,7H2,1-2H3. The quantitative estimate of drug-likeness (QED) is 0.790. The van der Waals surface area contributed by atoms with Crippen LogP contribution < -0.4 is 9.47 Å². The topological polar surface area (TPSA) is 58.0 Å². The first kappa shape index (κ1) is 14.9. The maximum absolute atomic E-state index is 13.6. The molecule has 116 valence electrons. The summed E-state index contributed by atoms with van der Waals surface area (Å²) in [6, 6.07) is 12.1. The molecule has 0 aliphatic rings. The van der Waals surface area contributed by atoms with Crippen molar-refractivity contribution in [3.63, 3.8) is 0 Å². The summed E-state index contributed by atoms with van der Waals surface area (Å²) in [5.74, 6) is 0.991. The Balaban J connectivity index is 2.31. The van der Waals surface area contributed by atoms with E-state index in [9.17, 15) is 4.39 Å². The largest absolute Gasteiger partial charge is 0.497 e. The van der Waals surface area contributed by atoms with E-state index in [1.165, 1.54) is 12.1 Å². The normalized spacial score (nSPS) is 10.5. The SMILES string of the molecule is COc1ccc(OC)c(-c2[nH]c3ccc(F)cc3c2CC#N)c1. The number of ether oxygens (including phenoxy) is 2. The molecular formula is C18H15FN2O2. The highest BCUT2D eigenvalue weighted by atomic mass is 19.1. The van der Waals surface area contributed by atoms with Gasteiger partial charge < -0.3 is 14.5 Å². The highest BCUT2D eigenvalue weighted by Crippen LogP contribution is 2.38. The lowest BCUT2D eigenvalue weighted by atomic mass is 10.0. The summed E-state index contributed by atoms with van der Waals surface area (Å²) in [4.78, 5) is 3.27. The lowest BCUT2D eigenvalue weighted by Gasteiger charge is -2.10. The molecule has 0 spiro atoms. The maximum Gasteiger partial charge on any atom is 0.128 e. The molecule has 0 saturated carbocycles. The molecule has 0 bridgehead atoms. The van der Waals surface area contributed by atoms with Crippen LogP contribution in [0.3, 0.4) is 0 Å². The fourth-order valence-corrected chi connectivity index (χ4v) is 2.72. The second-order valence-electron chi connectivity index (χ2n) is 5.07. The van der Waals surface area contributed by atoms with Gasteiger partial charge in [0.1, 0.15) is 17.3 Å². The number of fused-ring (bicyclic) bond motifs is 1. The Labute approximate surface area is 133 Å². The van der Waals surface area contributed by atoms with Crippen molar-refractivity contribution >= 4 is 10.9 Å². The molecule has 0 unspecified atom stereocenters. The lowest BCUT2D eigenvalue weighted by molar-refractivity contribution is 0.404. The number of nitriles is 1. The number of benzene rings is 2. The number of hydrogen-bond acceptors (Lipinski definition) is 3. The fourth-order valence-electron chi connectivity index (χ4n) is 2.72. The fraction of sp³-hybridized carbons (Fsp3) is 0.167. The van der Waals surface area contributed by atoms with Gasteiger partial charge in [-0.3, -0.25) is 0 Å². The van der Waals surface area contributed by atoms with Gasteiger partial charge >= 0.3 is 0 Å². The van der Waals surface area contributed by atoms with Crippen molar-refractivity contribution in [2.75, 3.05) is 14.2 Å². The zero-order chi connectivity index (χ0) is 16.4. The van der Waals surface area contributed by atoms with Gasteiger partial charge in [-0.15, -0.1) is 0 Å². The lowest BCUT2D eigenvalue weighted by Crippen LogP contribution is -1.93. The summed E-state index contributed by atoms with van der Waals surface area (Å²) in [5.41, 5.74) is 3.03. The molecule has 23 heavy (non-hydrogen) atoms. The number of H-pyrrole nitrogens is 1. The third kappa shape index (κ3) is 2.59. The number of aromatic nitrogens is 1. The van der Waals surface area contributed by atoms with Crippen LogP contribution in [0, 0.1) is 17.1 Å². The highest BCUT2D eigenvalue weighted by molar-refractivity contribution is 5.92. The molecule has 2 aromatic carbocycles. The molecule has 0 fully saturated rings. The third-order valence-corrected chi connectivity index (χ3v) is 3.80. The van der Waals surface area contributed by atoms with Crippen molar-refractivity contribution in [3.05, 3.63) is 47.8 Å². The van der Waals surface area contributed by atoms with Crippen LogP contribution in [-0.2, 0) is 6.42 Å². The van der Waals surface area contributed by atoms with Crippen LogP contribution in [0.25, 0.3) is 22.2 Å². The summed E-state index contributed by atoms with van der Waals surface area (Å²) < 4.78 is 24.3. The Bertz CT molecular complexity index is 909. The maximum atomic E-state index is 13.6. The van der Waals surface area contributed by atoms with E-state index in [2.05, 4.69) is 11.1 Å². The van der Waals surface area contributed by atoms with E-state index >= 15 is 0 Å². The van der Waals surface area contributed by atoms with Gasteiger partial charge in [-0.05, 0) is 42.0 Å². The Morgan fingerprint density at radius 2 is 1.96 bits per heavy atom. The van der Waals surface area contributed by atoms with Crippen molar-refractivity contribution in [3.8, 4) is 28.8 Å². The van der Waals surface area contributed by atoms with E-state index in [1.807, 2.05) is 6.07 Å². The third-order valence-electron chi connectivity index (χ3n) is 3.80. The van der Waals surface area contributed by atoms with Gasteiger partial charge in [-0.1, -0.05) is 0 Å². The predicted octanol–water partition coefficient (Wildman–Crippen LogP) is 4.06. The zero-order valence-electron chi connectivity index (χ0n) is 12.8. The van der Waals surface area contributed by atoms with Crippen LogP contribution in [0.2, 0.25) is 0 Å². The first-order chi connectivity index (χ1) is 11.2. The number of aromatic amines is 1. The molecule has 0 radical (unpaired) electrons. The average Bonchev–Trinajstić information content (AvgIpc) is 2.92. The first-order valence-electron chi connectivity index (χ1n) is 7.07. The molecule has 0 amide bonds. The minimum atomic E-state index is -0.333. The van der Waals surface area contributed by atoms with E-state index in [1.54, 1.807) is 32.4 Å². The summed E-state index contributed by atoms with van der Waals surface area (Å²) in [5, 5.41) is 9.85. The van der Waals surface area contributed by atoms with Crippen LogP contribution in [0.4, 0.5) is 4.39 Å². The van der Waals surface area contributed by atoms with Crippen molar-refractivity contribution in [2.24, 2.45) is 0 Å². The molecule has 0 aliphatic heterocycles. The van der Waals surface area contributed by atoms with Gasteiger partial charge in [0.2, 0.25) is 0 Å². The number of hydrogen-bond donors (Lipinski definition) is 1. The number of methoxy groups -OCH3 is 2. The molecule has 4 nitrogen and oxygen atoms in total. The molecular weight excluding hydrogens is 295 g/mol. The van der Waals surface area contributed by atoms with E-state index < -0.39 is 0 Å². The molecule has 1 N–H and O–H groups in total. The average molecular weight is 310 g/mol. The summed E-state index contributed by atoms with van der Waals surface area (Å²) in [6.45, 7) is 0. The van der Waals surface area contributed by atoms with Crippen molar-refractivity contribution in [1.29, 1.82) is 5.26 Å². The first-order valence-corrected chi connectivity index (χ1v) is 7.07. The second kappa shape index (κ2) is 6.01. The minimum absolute atomic E-state index is 0.166. The summed E-state index contributed by atoms with van der Waals surface area (Å²) in [6.07, 6.45) is 0.166. The number of rotatable bonds is 4. The van der Waals surface area contributed by atoms with Gasteiger partial charge in [0.25, 0.3) is 0 Å². The molecule has 1 heterocycles. The number of halogens is 1. The predicted molar refractivity (Wildman–Crippen MR) is 86.1 cm³/mol. The number of nitrogens with zero attached hydrogens (tertiary/aromatic N) is 1. The summed E-state index contributed by atoms with van der Waals surface area (Å²) in [7, 11) is 3.17. The second-order valence-corrected chi connectivity index (χ2v) is 5.07. The Morgan fingerprint density at radius 3 is 2.65 bits per heavy atom. The molecule has 5 heteroatoms. The van der Waals surface area contributed by atoms with Crippen molar-refractivity contribution in [1.82, 2.24) is 4.98 Å². The van der Waals surface area contributed by atoms with Crippen LogP contribution >= 0.6 is 0 Å². The van der Waals surface area contributed by atoms with Gasteiger partial charge in [-0.2, -0.15) is 5.26 Å². The van der Waals surface area contributed by atoms with Crippen LogP contribution in [0.5, 0.6) is 11.5 Å². The summed E-state index contributed by atoms with van der Waals surface area (Å²) >= 11 is 0. The van der Waals surface area contributed by atoms with E-state index in [4.69, 9.17) is 14.7 Å².